The molecule has 0 aliphatic carbocycles. The fourth-order valence-electron chi connectivity index (χ4n) is 9.48. The third-order valence-corrected chi connectivity index (χ3v) is 13.1. The van der Waals surface area contributed by atoms with Crippen molar-refractivity contribution in [1.29, 1.82) is 0 Å². The minimum Gasteiger partial charge on any atom is -0.465 e. The number of carbonyl (C=O) groups is 4. The number of rotatable bonds is 13. The maximum atomic E-state index is 12.9. The molecule has 8 aromatic carbocycles. The minimum atomic E-state index is -1.83. The van der Waals surface area contributed by atoms with Crippen LogP contribution in [0.4, 0.5) is 0 Å². The highest BCUT2D eigenvalue weighted by atomic mass is 16.5. The van der Waals surface area contributed by atoms with Gasteiger partial charge in [-0.1, -0.05) is 158 Å². The van der Waals surface area contributed by atoms with E-state index in [2.05, 4.69) is 0 Å². The highest BCUT2D eigenvalue weighted by Crippen LogP contribution is 2.58. The third-order valence-electron chi connectivity index (χ3n) is 13.1. The summed E-state index contributed by atoms with van der Waals surface area (Å²) < 4.78 is 20.4. The largest absolute Gasteiger partial charge is 0.465 e. The van der Waals surface area contributed by atoms with E-state index in [1.54, 1.807) is 97.1 Å². The standard InChI is InChI=1S/C62H46N4O8/c1-71-57(67)45-31-23-41(24-32-45)53-54(42-25-33-46(34-26-42)58(68)72-2)64-61(63-53,51-21-13-11-19-49(51)39-15-7-5-8-16-39)62(52-22-14-12-20-50(52)40-17-9-6-10-18-40)65-55(43-27-35-47(36-28-43)59(69)73-3)56(66-62)44-29-37-48(38-30-44)60(70)74-4/h5-38H,1-4H3. The molecule has 0 fully saturated rings. The summed E-state index contributed by atoms with van der Waals surface area (Å²) in [6, 6.07) is 63.7. The second-order valence-corrected chi connectivity index (χ2v) is 17.3. The molecule has 10 rings (SSSR count). The van der Waals surface area contributed by atoms with Gasteiger partial charge in [0.1, 0.15) is 0 Å². The molecule has 2 heterocycles. The molecule has 12 nitrogen and oxygen atoms in total. The molecule has 0 N–H and O–H groups in total. The Hall–Kier alpha value is -9.68. The second kappa shape index (κ2) is 20.2. The predicted molar refractivity (Wildman–Crippen MR) is 284 cm³/mol. The summed E-state index contributed by atoms with van der Waals surface area (Å²) in [5, 5.41) is 0. The van der Waals surface area contributed by atoms with Crippen LogP contribution in [-0.4, -0.2) is 75.2 Å². The smallest absolute Gasteiger partial charge is 0.337 e. The van der Waals surface area contributed by atoms with Crippen LogP contribution < -0.4 is 0 Å². The van der Waals surface area contributed by atoms with E-state index < -0.39 is 35.2 Å². The molecule has 8 aromatic rings. The SMILES string of the molecule is COC(=O)c1ccc(C2=NC(c3ccccc3-c3ccccc3)(C3(c4ccccc4-c4ccccc4)N=C(c4ccc(C(=O)OC)cc4)C(c4ccc(C(=O)OC)cc4)=N3)N=C2c2ccc(C(=O)OC)cc2)cc1. The lowest BCUT2D eigenvalue weighted by atomic mass is 9.77. The van der Waals surface area contributed by atoms with Gasteiger partial charge in [0.05, 0.1) is 73.5 Å². The number of methoxy groups -OCH3 is 4. The Labute approximate surface area is 427 Å². The van der Waals surface area contributed by atoms with Gasteiger partial charge >= 0.3 is 23.9 Å². The Kier molecular flexibility index (Phi) is 13.1. The number of ether oxygens (including phenoxy) is 4. The first-order valence-corrected chi connectivity index (χ1v) is 23.6. The van der Waals surface area contributed by atoms with Gasteiger partial charge in [-0.2, -0.15) is 0 Å². The molecule has 0 unspecified atom stereocenters. The number of esters is 4. The summed E-state index contributed by atoms with van der Waals surface area (Å²) in [6.07, 6.45) is 0. The van der Waals surface area contributed by atoms with Crippen molar-refractivity contribution in [2.75, 3.05) is 28.4 Å². The molecule has 0 radical (unpaired) electrons. The molecule has 0 aromatic heterocycles. The Balaban J connectivity index is 1.39. The Bertz CT molecular complexity index is 3200. The summed E-state index contributed by atoms with van der Waals surface area (Å²) in [5.41, 5.74) is 6.53. The summed E-state index contributed by atoms with van der Waals surface area (Å²) in [7, 11) is 5.32. The van der Waals surface area contributed by atoms with Gasteiger partial charge in [0.2, 0.25) is 11.3 Å². The van der Waals surface area contributed by atoms with Gasteiger partial charge in [-0.05, 0) is 70.8 Å². The topological polar surface area (TPSA) is 155 Å². The van der Waals surface area contributed by atoms with Crippen LogP contribution in [0, 0.1) is 0 Å². The van der Waals surface area contributed by atoms with E-state index in [9.17, 15) is 19.2 Å². The normalized spacial score (nSPS) is 14.2. The van der Waals surface area contributed by atoms with Gasteiger partial charge in [-0.3, -0.25) is 0 Å². The van der Waals surface area contributed by atoms with Gasteiger partial charge in [-0.15, -0.1) is 0 Å². The maximum absolute atomic E-state index is 12.9. The van der Waals surface area contributed by atoms with Gasteiger partial charge < -0.3 is 18.9 Å². The second-order valence-electron chi connectivity index (χ2n) is 17.3. The number of hydrogen-bond donors (Lipinski definition) is 0. The highest BCUT2D eigenvalue weighted by molar-refractivity contribution is 6.56. The molecule has 0 amide bonds. The van der Waals surface area contributed by atoms with Crippen LogP contribution in [0.5, 0.6) is 0 Å². The van der Waals surface area contributed by atoms with Gasteiger partial charge in [0.25, 0.3) is 0 Å². The van der Waals surface area contributed by atoms with Gasteiger partial charge in [0.15, 0.2) is 0 Å². The van der Waals surface area contributed by atoms with Crippen molar-refractivity contribution < 1.29 is 38.1 Å². The van der Waals surface area contributed by atoms with Crippen molar-refractivity contribution >= 4 is 46.7 Å². The Morgan fingerprint density at radius 2 is 0.514 bits per heavy atom. The van der Waals surface area contributed by atoms with Crippen molar-refractivity contribution in [3.05, 3.63) is 262 Å². The minimum absolute atomic E-state index is 0.334. The monoisotopic (exact) mass is 974 g/mol. The van der Waals surface area contributed by atoms with Crippen LogP contribution in [0.3, 0.4) is 0 Å². The quantitative estimate of drug-likeness (QED) is 0.0817. The Morgan fingerprint density at radius 1 is 0.284 bits per heavy atom. The number of hydrogen-bond acceptors (Lipinski definition) is 12. The average Bonchev–Trinajstić information content (AvgIpc) is 4.19. The first-order valence-electron chi connectivity index (χ1n) is 23.6. The molecule has 0 saturated carbocycles. The zero-order valence-corrected chi connectivity index (χ0v) is 40.7. The summed E-state index contributed by atoms with van der Waals surface area (Å²) in [5.74, 6) is -2.02. The lowest BCUT2D eigenvalue weighted by Gasteiger charge is -2.40. The van der Waals surface area contributed by atoms with E-state index in [1.165, 1.54) is 28.4 Å². The molecule has 0 bridgehead atoms. The molecule has 12 heteroatoms. The third kappa shape index (κ3) is 8.57. The van der Waals surface area contributed by atoms with E-state index in [4.69, 9.17) is 38.9 Å². The average molecular weight is 975 g/mol. The molecule has 2 aliphatic rings. The van der Waals surface area contributed by atoms with Crippen molar-refractivity contribution in [3.63, 3.8) is 0 Å². The fourth-order valence-corrected chi connectivity index (χ4v) is 9.48. The van der Waals surface area contributed by atoms with E-state index >= 15 is 0 Å². The molecule has 0 atom stereocenters. The van der Waals surface area contributed by atoms with Crippen molar-refractivity contribution in [2.45, 2.75) is 11.3 Å². The van der Waals surface area contributed by atoms with Gasteiger partial charge in [0, 0.05) is 33.4 Å². The lowest BCUT2D eigenvalue weighted by Crippen LogP contribution is -2.44. The maximum Gasteiger partial charge on any atom is 0.337 e. The van der Waals surface area contributed by atoms with E-state index in [0.29, 0.717) is 78.5 Å². The zero-order chi connectivity index (χ0) is 51.4. The van der Waals surface area contributed by atoms with Crippen LogP contribution in [0.25, 0.3) is 22.3 Å². The molecule has 2 aliphatic heterocycles. The molecule has 362 valence electrons. The molecule has 0 spiro atoms. The number of benzene rings is 8. The van der Waals surface area contributed by atoms with Crippen LogP contribution in [0.2, 0.25) is 0 Å². The summed E-state index contributed by atoms with van der Waals surface area (Å²) >= 11 is 0. The van der Waals surface area contributed by atoms with Crippen molar-refractivity contribution in [3.8, 4) is 22.3 Å². The van der Waals surface area contributed by atoms with E-state index in [1.807, 2.05) is 109 Å². The lowest BCUT2D eigenvalue weighted by molar-refractivity contribution is 0.0592. The van der Waals surface area contributed by atoms with Crippen molar-refractivity contribution in [2.24, 2.45) is 20.0 Å². The molecular formula is C62H46N4O8. The zero-order valence-electron chi connectivity index (χ0n) is 40.7. The molecular weight excluding hydrogens is 929 g/mol. The van der Waals surface area contributed by atoms with Crippen LogP contribution in [0.1, 0.15) is 74.8 Å². The van der Waals surface area contributed by atoms with Crippen molar-refractivity contribution in [1.82, 2.24) is 0 Å². The predicted octanol–water partition coefficient (Wildman–Crippen LogP) is 11.2. The Morgan fingerprint density at radius 3 is 0.757 bits per heavy atom. The summed E-state index contributed by atoms with van der Waals surface area (Å²) in [4.78, 5) is 75.3. The fraction of sp³-hybridized carbons (Fsp3) is 0.0968. The molecule has 74 heavy (non-hydrogen) atoms. The van der Waals surface area contributed by atoms with Crippen LogP contribution in [0.15, 0.2) is 226 Å². The molecule has 0 saturated heterocycles. The highest BCUT2D eigenvalue weighted by Gasteiger charge is 2.62. The summed E-state index contributed by atoms with van der Waals surface area (Å²) in [6.45, 7) is 0. The number of carbonyl (C=O) groups excluding carboxylic acids is 4. The van der Waals surface area contributed by atoms with Gasteiger partial charge in [-0.25, -0.2) is 39.1 Å². The van der Waals surface area contributed by atoms with E-state index in [-0.39, 0.29) is 0 Å². The first-order chi connectivity index (χ1) is 36.1. The van der Waals surface area contributed by atoms with Crippen LogP contribution >= 0.6 is 0 Å². The first kappa shape index (κ1) is 48.0. The number of nitrogens with zero attached hydrogens (tertiary/aromatic N) is 4. The number of aliphatic imine (C=N–C) groups is 4. The van der Waals surface area contributed by atoms with Crippen LogP contribution in [-0.2, 0) is 30.3 Å². The van der Waals surface area contributed by atoms with E-state index in [0.717, 1.165) is 22.3 Å².